The summed E-state index contributed by atoms with van der Waals surface area (Å²) in [5, 5.41) is 0.327. The zero-order valence-corrected chi connectivity index (χ0v) is 17.6. The molecule has 7 heteroatoms. The zero-order valence-electron chi connectivity index (χ0n) is 16.1. The van der Waals surface area contributed by atoms with E-state index in [0.29, 0.717) is 10.7 Å². The Bertz CT molecular complexity index is 919. The van der Waals surface area contributed by atoms with Gasteiger partial charge in [-0.25, -0.2) is 8.42 Å². The van der Waals surface area contributed by atoms with Crippen LogP contribution in [0.5, 0.6) is 0 Å². The van der Waals surface area contributed by atoms with E-state index in [1.165, 1.54) is 18.2 Å². The predicted molar refractivity (Wildman–Crippen MR) is 115 cm³/mol. The second-order valence-electron chi connectivity index (χ2n) is 6.31. The molecule has 2 aromatic carbocycles. The van der Waals surface area contributed by atoms with Gasteiger partial charge < -0.3 is 4.90 Å². The smallest absolute Gasteiger partial charge is 0.261 e. The van der Waals surface area contributed by atoms with E-state index in [4.69, 9.17) is 11.6 Å². The zero-order chi connectivity index (χ0) is 20.6. The van der Waals surface area contributed by atoms with Crippen LogP contribution in [0.2, 0.25) is 5.02 Å². The highest BCUT2D eigenvalue weighted by Gasteiger charge is 2.15. The van der Waals surface area contributed by atoms with Crippen molar-refractivity contribution in [3.63, 3.8) is 0 Å². The molecule has 1 N–H and O–H groups in total. The first kappa shape index (κ1) is 22.0. The van der Waals surface area contributed by atoms with Crippen LogP contribution in [0.15, 0.2) is 59.5 Å². The van der Waals surface area contributed by atoms with E-state index in [9.17, 15) is 13.2 Å². The molecule has 0 aliphatic heterocycles. The highest BCUT2D eigenvalue weighted by atomic mass is 35.5. The molecule has 0 heterocycles. The number of hydrogen-bond acceptors (Lipinski definition) is 3. The van der Waals surface area contributed by atoms with Gasteiger partial charge in [0.1, 0.15) is 0 Å². The molecule has 2 aromatic rings. The van der Waals surface area contributed by atoms with Crippen LogP contribution in [0.25, 0.3) is 6.08 Å². The summed E-state index contributed by atoms with van der Waals surface area (Å²) in [6, 6.07) is 13.0. The van der Waals surface area contributed by atoms with Gasteiger partial charge in [-0.05, 0) is 48.7 Å². The van der Waals surface area contributed by atoms with Crippen LogP contribution in [-0.2, 0) is 14.8 Å². The van der Waals surface area contributed by atoms with Gasteiger partial charge in [-0.15, -0.1) is 0 Å². The van der Waals surface area contributed by atoms with Crippen LogP contribution in [0, 0.1) is 0 Å². The van der Waals surface area contributed by atoms with E-state index < -0.39 is 10.0 Å². The number of amides is 1. The fourth-order valence-corrected chi connectivity index (χ4v) is 3.97. The average Bonchev–Trinajstić information content (AvgIpc) is 2.68. The molecule has 1 amide bonds. The summed E-state index contributed by atoms with van der Waals surface area (Å²) < 4.78 is 27.5. The van der Waals surface area contributed by atoms with Crippen molar-refractivity contribution >= 4 is 39.3 Å². The highest BCUT2D eigenvalue weighted by molar-refractivity contribution is 7.92. The van der Waals surface area contributed by atoms with Crippen molar-refractivity contribution in [1.29, 1.82) is 0 Å². The Hall–Kier alpha value is -2.31. The Kier molecular flexibility index (Phi) is 8.08. The summed E-state index contributed by atoms with van der Waals surface area (Å²) in [5.41, 5.74) is 1.07. The molecule has 0 aromatic heterocycles. The molecule has 0 unspecified atom stereocenters. The van der Waals surface area contributed by atoms with Crippen molar-refractivity contribution in [2.75, 3.05) is 17.8 Å². The minimum absolute atomic E-state index is 0.0409. The lowest BCUT2D eigenvalue weighted by molar-refractivity contribution is -0.126. The molecule has 0 atom stereocenters. The van der Waals surface area contributed by atoms with Crippen molar-refractivity contribution in [3.8, 4) is 0 Å². The van der Waals surface area contributed by atoms with Crippen molar-refractivity contribution in [1.82, 2.24) is 4.90 Å². The van der Waals surface area contributed by atoms with E-state index in [1.54, 1.807) is 42.5 Å². The van der Waals surface area contributed by atoms with Crippen molar-refractivity contribution in [3.05, 3.63) is 65.2 Å². The normalized spacial score (nSPS) is 11.5. The van der Waals surface area contributed by atoms with Crippen LogP contribution in [0.1, 0.15) is 32.3 Å². The van der Waals surface area contributed by atoms with Gasteiger partial charge >= 0.3 is 0 Å². The SMILES string of the molecule is CCCN(CCC)C(=O)/C=C/c1ccc(S(=O)(=O)Nc2ccccc2Cl)cc1. The van der Waals surface area contributed by atoms with Gasteiger partial charge in [0, 0.05) is 19.2 Å². The summed E-state index contributed by atoms with van der Waals surface area (Å²) in [5.74, 6) is -0.0409. The predicted octanol–water partition coefficient (Wildman–Crippen LogP) is 4.80. The van der Waals surface area contributed by atoms with Gasteiger partial charge in [0.05, 0.1) is 15.6 Å². The highest BCUT2D eigenvalue weighted by Crippen LogP contribution is 2.24. The van der Waals surface area contributed by atoms with Crippen molar-refractivity contribution < 1.29 is 13.2 Å². The minimum Gasteiger partial charge on any atom is -0.339 e. The average molecular weight is 421 g/mol. The minimum atomic E-state index is -3.75. The number of nitrogens with one attached hydrogen (secondary N) is 1. The van der Waals surface area contributed by atoms with E-state index in [2.05, 4.69) is 4.72 Å². The number of nitrogens with zero attached hydrogens (tertiary/aromatic N) is 1. The third-order valence-corrected chi connectivity index (χ3v) is 5.74. The van der Waals surface area contributed by atoms with E-state index in [-0.39, 0.29) is 10.8 Å². The maximum Gasteiger partial charge on any atom is 0.261 e. The Morgan fingerprint density at radius 2 is 1.64 bits per heavy atom. The van der Waals surface area contributed by atoms with E-state index in [1.807, 2.05) is 18.7 Å². The Labute approximate surface area is 172 Å². The summed E-state index contributed by atoms with van der Waals surface area (Å²) >= 11 is 6.01. The van der Waals surface area contributed by atoms with E-state index >= 15 is 0 Å². The number of rotatable bonds is 9. The standard InChI is InChI=1S/C21H25ClN2O3S/c1-3-15-24(16-4-2)21(25)14-11-17-9-12-18(13-10-17)28(26,27)23-20-8-6-5-7-19(20)22/h5-14,23H,3-4,15-16H2,1-2H3/b14-11+. The number of halogens is 1. The Morgan fingerprint density at radius 3 is 2.21 bits per heavy atom. The second-order valence-corrected chi connectivity index (χ2v) is 8.40. The molecule has 150 valence electrons. The van der Waals surface area contributed by atoms with Gasteiger partial charge in [0.15, 0.2) is 0 Å². The first-order valence-corrected chi connectivity index (χ1v) is 11.1. The summed E-state index contributed by atoms with van der Waals surface area (Å²) in [4.78, 5) is 14.2. The molecule has 0 spiro atoms. The van der Waals surface area contributed by atoms with Gasteiger partial charge in [-0.3, -0.25) is 9.52 Å². The molecule has 0 saturated heterocycles. The van der Waals surface area contributed by atoms with Gasteiger partial charge in [-0.1, -0.05) is 49.7 Å². The van der Waals surface area contributed by atoms with Crippen LogP contribution in [-0.4, -0.2) is 32.3 Å². The van der Waals surface area contributed by atoms with Gasteiger partial charge in [0.25, 0.3) is 10.0 Å². The molecule has 5 nitrogen and oxygen atoms in total. The number of para-hydroxylation sites is 1. The molecule has 0 bridgehead atoms. The maximum atomic E-state index is 12.5. The van der Waals surface area contributed by atoms with Crippen molar-refractivity contribution in [2.45, 2.75) is 31.6 Å². The molecule has 0 aliphatic rings. The number of anilines is 1. The van der Waals surface area contributed by atoms with E-state index in [0.717, 1.165) is 31.5 Å². The van der Waals surface area contributed by atoms with Gasteiger partial charge in [-0.2, -0.15) is 0 Å². The second kappa shape index (κ2) is 10.3. The Morgan fingerprint density at radius 1 is 1.04 bits per heavy atom. The quantitative estimate of drug-likeness (QED) is 0.592. The summed E-state index contributed by atoms with van der Waals surface area (Å²) in [6.07, 6.45) is 5.03. The fourth-order valence-electron chi connectivity index (χ4n) is 2.65. The van der Waals surface area contributed by atoms with Gasteiger partial charge in [0.2, 0.25) is 5.91 Å². The fraction of sp³-hybridized carbons (Fsp3) is 0.286. The first-order chi connectivity index (χ1) is 13.4. The third-order valence-electron chi connectivity index (χ3n) is 4.03. The summed E-state index contributed by atoms with van der Waals surface area (Å²) in [6.45, 7) is 5.52. The first-order valence-electron chi connectivity index (χ1n) is 9.21. The summed E-state index contributed by atoms with van der Waals surface area (Å²) in [7, 11) is -3.75. The molecular weight excluding hydrogens is 396 g/mol. The maximum absolute atomic E-state index is 12.5. The number of carbonyl (C=O) groups excluding carboxylic acids is 1. The van der Waals surface area contributed by atoms with Crippen molar-refractivity contribution in [2.24, 2.45) is 0 Å². The molecule has 2 rings (SSSR count). The molecule has 0 saturated carbocycles. The van der Waals surface area contributed by atoms with Crippen LogP contribution in [0.3, 0.4) is 0 Å². The molecule has 28 heavy (non-hydrogen) atoms. The number of hydrogen-bond donors (Lipinski definition) is 1. The van der Waals surface area contributed by atoms with Crippen LogP contribution in [0.4, 0.5) is 5.69 Å². The lowest BCUT2D eigenvalue weighted by atomic mass is 10.2. The largest absolute Gasteiger partial charge is 0.339 e. The number of benzene rings is 2. The molecule has 0 fully saturated rings. The van der Waals surface area contributed by atoms with Crippen LogP contribution >= 0.6 is 11.6 Å². The third kappa shape index (κ3) is 6.11. The number of carbonyl (C=O) groups is 1. The monoisotopic (exact) mass is 420 g/mol. The Balaban J connectivity index is 2.10. The molecular formula is C21H25ClN2O3S. The number of sulfonamides is 1. The lowest BCUT2D eigenvalue weighted by Gasteiger charge is -2.19. The topological polar surface area (TPSA) is 66.5 Å². The molecule has 0 radical (unpaired) electrons. The lowest BCUT2D eigenvalue weighted by Crippen LogP contribution is -2.30. The molecule has 0 aliphatic carbocycles. The van der Waals surface area contributed by atoms with Crippen LogP contribution < -0.4 is 4.72 Å².